The molecule has 0 aliphatic heterocycles. The maximum Gasteiger partial charge on any atom is 0.253 e. The maximum atomic E-state index is 11.7. The Morgan fingerprint density at radius 3 is 2.38 bits per heavy atom. The van der Waals surface area contributed by atoms with Crippen LogP contribution in [0.5, 0.6) is 0 Å². The van der Waals surface area contributed by atoms with Crippen LogP contribution in [-0.2, 0) is 10.0 Å². The Balaban J connectivity index is 2.55. The number of nitrogens with one attached hydrogen (secondary N) is 2. The average molecular weight is 236 g/mol. The van der Waals surface area contributed by atoms with Crippen LogP contribution in [-0.4, -0.2) is 15.5 Å². The van der Waals surface area contributed by atoms with Gasteiger partial charge in [-0.05, 0) is 30.0 Å². The molecule has 4 nitrogen and oxygen atoms in total. The monoisotopic (exact) mass is 236 g/mol. The predicted molar refractivity (Wildman–Crippen MR) is 63.3 cm³/mol. The van der Waals surface area contributed by atoms with E-state index in [1.165, 1.54) is 7.05 Å². The average Bonchev–Trinajstić information content (AvgIpc) is 2.28. The Labute approximate surface area is 94.3 Å². The molecule has 0 amide bonds. The first kappa shape index (κ1) is 11.1. The number of hydrogen-bond donors (Lipinski definition) is 2. The van der Waals surface area contributed by atoms with Gasteiger partial charge in [0.05, 0.1) is 4.90 Å². The summed E-state index contributed by atoms with van der Waals surface area (Å²) >= 11 is 0. The maximum absolute atomic E-state index is 11.7. The van der Waals surface area contributed by atoms with E-state index in [2.05, 4.69) is 10.3 Å². The Kier molecular flexibility index (Phi) is 2.91. The van der Waals surface area contributed by atoms with Crippen molar-refractivity contribution < 1.29 is 8.42 Å². The molecular formula is C11H12N2O2S. The van der Waals surface area contributed by atoms with Gasteiger partial charge in [0.15, 0.2) is 0 Å². The fraction of sp³-hybridized carbons (Fsp3) is 0.0909. The van der Waals surface area contributed by atoms with Crippen molar-refractivity contribution in [1.82, 2.24) is 10.3 Å². The van der Waals surface area contributed by atoms with Crippen LogP contribution in [0.1, 0.15) is 0 Å². The molecule has 2 aromatic rings. The fourth-order valence-electron chi connectivity index (χ4n) is 1.53. The van der Waals surface area contributed by atoms with Crippen LogP contribution in [0, 0.1) is 0 Å². The van der Waals surface area contributed by atoms with Crippen molar-refractivity contribution in [3.8, 4) is 0 Å². The van der Waals surface area contributed by atoms with Gasteiger partial charge >= 0.3 is 0 Å². The van der Waals surface area contributed by atoms with Crippen LogP contribution < -0.4 is 10.3 Å². The van der Waals surface area contributed by atoms with Gasteiger partial charge in [-0.15, -0.1) is 4.83 Å². The highest BCUT2D eigenvalue weighted by molar-refractivity contribution is 7.89. The normalized spacial score (nSPS) is 11.8. The minimum Gasteiger partial charge on any atom is -0.247 e. The summed E-state index contributed by atoms with van der Waals surface area (Å²) in [7, 11) is -1.95. The van der Waals surface area contributed by atoms with Crippen molar-refractivity contribution in [2.45, 2.75) is 4.90 Å². The lowest BCUT2D eigenvalue weighted by Gasteiger charge is -2.06. The van der Waals surface area contributed by atoms with E-state index in [0.29, 0.717) is 0 Å². The smallest absolute Gasteiger partial charge is 0.247 e. The molecule has 16 heavy (non-hydrogen) atoms. The summed E-state index contributed by atoms with van der Waals surface area (Å²) in [5.74, 6) is 0. The molecule has 0 radical (unpaired) electrons. The number of benzene rings is 2. The number of rotatable bonds is 3. The van der Waals surface area contributed by atoms with Crippen LogP contribution in [0.15, 0.2) is 47.4 Å². The Morgan fingerprint density at radius 2 is 1.69 bits per heavy atom. The molecule has 0 bridgehead atoms. The highest BCUT2D eigenvalue weighted by Gasteiger charge is 2.12. The SMILES string of the molecule is CNNS(=O)(=O)c1ccc2ccccc2c1. The second-order valence-electron chi connectivity index (χ2n) is 3.36. The summed E-state index contributed by atoms with van der Waals surface area (Å²) < 4.78 is 23.4. The van der Waals surface area contributed by atoms with Gasteiger partial charge in [0.1, 0.15) is 0 Å². The van der Waals surface area contributed by atoms with Gasteiger partial charge in [-0.1, -0.05) is 30.3 Å². The fourth-order valence-corrected chi connectivity index (χ4v) is 2.44. The summed E-state index contributed by atoms with van der Waals surface area (Å²) in [6.07, 6.45) is 0. The van der Waals surface area contributed by atoms with E-state index >= 15 is 0 Å². The zero-order valence-corrected chi connectivity index (χ0v) is 9.58. The highest BCUT2D eigenvalue weighted by atomic mass is 32.2. The molecule has 2 rings (SSSR count). The van der Waals surface area contributed by atoms with Crippen LogP contribution in [0.25, 0.3) is 10.8 Å². The lowest BCUT2D eigenvalue weighted by Crippen LogP contribution is -2.34. The molecule has 0 heterocycles. The lowest BCUT2D eigenvalue weighted by atomic mass is 10.1. The van der Waals surface area contributed by atoms with E-state index in [0.717, 1.165) is 10.8 Å². The van der Waals surface area contributed by atoms with E-state index in [1.807, 2.05) is 24.3 Å². The van der Waals surface area contributed by atoms with Gasteiger partial charge in [-0.2, -0.15) is 0 Å². The predicted octanol–water partition coefficient (Wildman–Crippen LogP) is 1.25. The van der Waals surface area contributed by atoms with Crippen molar-refractivity contribution in [1.29, 1.82) is 0 Å². The van der Waals surface area contributed by atoms with Crippen molar-refractivity contribution in [2.24, 2.45) is 0 Å². The van der Waals surface area contributed by atoms with Crippen LogP contribution >= 0.6 is 0 Å². The zero-order valence-electron chi connectivity index (χ0n) is 8.77. The minimum atomic E-state index is -3.46. The second kappa shape index (κ2) is 4.21. The highest BCUT2D eigenvalue weighted by Crippen LogP contribution is 2.18. The van der Waals surface area contributed by atoms with Crippen molar-refractivity contribution in [2.75, 3.05) is 7.05 Å². The first-order valence-corrected chi connectivity index (χ1v) is 6.29. The van der Waals surface area contributed by atoms with E-state index in [1.54, 1.807) is 18.2 Å². The third-order valence-corrected chi connectivity index (χ3v) is 3.62. The number of hydrogen-bond acceptors (Lipinski definition) is 3. The summed E-state index contributed by atoms with van der Waals surface area (Å²) in [6, 6.07) is 12.6. The van der Waals surface area contributed by atoms with E-state index in [-0.39, 0.29) is 4.90 Å². The summed E-state index contributed by atoms with van der Waals surface area (Å²) in [5.41, 5.74) is 2.42. The molecule has 2 aromatic carbocycles. The molecule has 84 valence electrons. The third kappa shape index (κ3) is 2.06. The molecule has 0 fully saturated rings. The molecular weight excluding hydrogens is 224 g/mol. The quantitative estimate of drug-likeness (QED) is 0.789. The lowest BCUT2D eigenvalue weighted by molar-refractivity contribution is 0.570. The largest absolute Gasteiger partial charge is 0.253 e. The van der Waals surface area contributed by atoms with Crippen molar-refractivity contribution >= 4 is 20.8 Å². The summed E-state index contributed by atoms with van der Waals surface area (Å²) in [6.45, 7) is 0. The summed E-state index contributed by atoms with van der Waals surface area (Å²) in [4.78, 5) is 2.48. The van der Waals surface area contributed by atoms with Crippen LogP contribution in [0.4, 0.5) is 0 Å². The molecule has 2 N–H and O–H groups in total. The van der Waals surface area contributed by atoms with Gasteiger partial charge in [-0.25, -0.2) is 13.8 Å². The van der Waals surface area contributed by atoms with E-state index in [9.17, 15) is 8.42 Å². The van der Waals surface area contributed by atoms with Crippen molar-refractivity contribution in [3.63, 3.8) is 0 Å². The Bertz CT molecular complexity index is 608. The molecule has 0 aliphatic carbocycles. The molecule has 0 aliphatic rings. The molecule has 0 spiro atoms. The van der Waals surface area contributed by atoms with Gasteiger partial charge < -0.3 is 0 Å². The van der Waals surface area contributed by atoms with E-state index < -0.39 is 10.0 Å². The van der Waals surface area contributed by atoms with Gasteiger partial charge in [0.2, 0.25) is 0 Å². The van der Waals surface area contributed by atoms with Gasteiger partial charge in [0, 0.05) is 0 Å². The standard InChI is InChI=1S/C11H12N2O2S/c1-12-13-16(14,15)11-7-6-9-4-2-3-5-10(9)8-11/h2-8,12-13H,1H3. The Hall–Kier alpha value is -1.43. The molecule has 0 saturated carbocycles. The second-order valence-corrected chi connectivity index (χ2v) is 5.05. The summed E-state index contributed by atoms with van der Waals surface area (Å²) in [5, 5.41) is 1.92. The third-order valence-electron chi connectivity index (χ3n) is 2.27. The molecule has 0 unspecified atom stereocenters. The molecule has 0 atom stereocenters. The first-order valence-electron chi connectivity index (χ1n) is 4.81. The van der Waals surface area contributed by atoms with Gasteiger partial charge in [-0.3, -0.25) is 0 Å². The van der Waals surface area contributed by atoms with Crippen LogP contribution in [0.2, 0.25) is 0 Å². The van der Waals surface area contributed by atoms with Crippen molar-refractivity contribution in [3.05, 3.63) is 42.5 Å². The van der Waals surface area contributed by atoms with Gasteiger partial charge in [0.25, 0.3) is 10.0 Å². The minimum absolute atomic E-state index is 0.251. The topological polar surface area (TPSA) is 58.2 Å². The van der Waals surface area contributed by atoms with E-state index in [4.69, 9.17) is 0 Å². The molecule has 0 saturated heterocycles. The number of hydrazine groups is 1. The van der Waals surface area contributed by atoms with Crippen LogP contribution in [0.3, 0.4) is 0 Å². The number of sulfonamides is 1. The first-order chi connectivity index (χ1) is 7.63. The molecule has 5 heteroatoms. The Morgan fingerprint density at radius 1 is 1.00 bits per heavy atom. The molecule has 0 aromatic heterocycles. The zero-order chi connectivity index (χ0) is 11.6. The number of fused-ring (bicyclic) bond motifs is 1.